The highest BCUT2D eigenvalue weighted by atomic mass is 35.5. The molecule has 0 spiro atoms. The lowest BCUT2D eigenvalue weighted by molar-refractivity contribution is -0.134. The van der Waals surface area contributed by atoms with E-state index in [0.717, 1.165) is 15.4 Å². The third-order valence-corrected chi connectivity index (χ3v) is 3.88. The van der Waals surface area contributed by atoms with E-state index >= 15 is 0 Å². The highest BCUT2D eigenvalue weighted by Gasteiger charge is 2.07. The van der Waals surface area contributed by atoms with Crippen molar-refractivity contribution >= 4 is 34.2 Å². The second kappa shape index (κ2) is 7.17. The van der Waals surface area contributed by atoms with E-state index in [1.165, 1.54) is 24.9 Å². The number of thioether (sulfide) groups is 1. The molecule has 0 fully saturated rings. The van der Waals surface area contributed by atoms with E-state index in [4.69, 9.17) is 16.3 Å². The van der Waals surface area contributed by atoms with Crippen LogP contribution in [0.4, 0.5) is 0 Å². The van der Waals surface area contributed by atoms with Gasteiger partial charge in [0.05, 0.1) is 7.11 Å². The summed E-state index contributed by atoms with van der Waals surface area (Å²) in [6, 6.07) is 17.2. The first-order valence-corrected chi connectivity index (χ1v) is 7.17. The summed E-state index contributed by atoms with van der Waals surface area (Å²) in [4.78, 5) is 13.4. The Balaban J connectivity index is 2.32. The highest BCUT2D eigenvalue weighted by Crippen LogP contribution is 2.34. The van der Waals surface area contributed by atoms with E-state index in [2.05, 4.69) is 0 Å². The Kier molecular flexibility index (Phi) is 5.27. The molecule has 2 rings (SSSR count). The fraction of sp³-hybridized carbons (Fsp3) is 0.0625. The van der Waals surface area contributed by atoms with Crippen molar-refractivity contribution < 1.29 is 9.53 Å². The molecule has 0 atom stereocenters. The fourth-order valence-corrected chi connectivity index (χ4v) is 2.65. The molecule has 4 heteroatoms. The van der Waals surface area contributed by atoms with Gasteiger partial charge in [-0.05, 0) is 29.8 Å². The van der Waals surface area contributed by atoms with Crippen LogP contribution in [0.5, 0.6) is 0 Å². The molecular weight excluding hydrogens is 292 g/mol. The van der Waals surface area contributed by atoms with Crippen molar-refractivity contribution in [1.29, 1.82) is 0 Å². The van der Waals surface area contributed by atoms with Crippen molar-refractivity contribution in [3.63, 3.8) is 0 Å². The number of benzene rings is 2. The van der Waals surface area contributed by atoms with E-state index in [0.29, 0.717) is 5.02 Å². The van der Waals surface area contributed by atoms with Gasteiger partial charge >= 0.3 is 5.97 Å². The minimum Gasteiger partial charge on any atom is -0.466 e. The summed E-state index contributed by atoms with van der Waals surface area (Å²) in [6.45, 7) is 0. The molecule has 0 aliphatic heterocycles. The fourth-order valence-electron chi connectivity index (χ4n) is 1.57. The zero-order valence-electron chi connectivity index (χ0n) is 10.9. The average molecular weight is 305 g/mol. The maximum Gasteiger partial charge on any atom is 0.331 e. The van der Waals surface area contributed by atoms with Gasteiger partial charge in [0.2, 0.25) is 0 Å². The monoisotopic (exact) mass is 304 g/mol. The minimum atomic E-state index is -0.376. The summed E-state index contributed by atoms with van der Waals surface area (Å²) in [5, 5.41) is 0.663. The summed E-state index contributed by atoms with van der Waals surface area (Å²) in [7, 11) is 1.37. The zero-order valence-corrected chi connectivity index (χ0v) is 12.4. The van der Waals surface area contributed by atoms with E-state index in [-0.39, 0.29) is 5.97 Å². The Morgan fingerprint density at radius 3 is 2.35 bits per heavy atom. The SMILES string of the molecule is COC(=O)/C=C(/Sc1ccccc1)c1ccc(Cl)cc1. The zero-order chi connectivity index (χ0) is 14.4. The summed E-state index contributed by atoms with van der Waals surface area (Å²) in [5.74, 6) is -0.376. The third kappa shape index (κ3) is 4.15. The predicted octanol–water partition coefficient (Wildman–Crippen LogP) is 4.65. The molecule has 0 aliphatic carbocycles. The number of rotatable bonds is 4. The molecule has 0 radical (unpaired) electrons. The second-order valence-corrected chi connectivity index (χ2v) is 5.51. The molecule has 0 aromatic heterocycles. The van der Waals surface area contributed by atoms with Gasteiger partial charge in [-0.3, -0.25) is 0 Å². The molecule has 2 aromatic carbocycles. The smallest absolute Gasteiger partial charge is 0.331 e. The Labute approximate surface area is 127 Å². The lowest BCUT2D eigenvalue weighted by atomic mass is 10.2. The molecule has 0 heterocycles. The van der Waals surface area contributed by atoms with Crippen LogP contribution in [0.25, 0.3) is 4.91 Å². The van der Waals surface area contributed by atoms with Gasteiger partial charge in [-0.25, -0.2) is 4.79 Å². The predicted molar refractivity (Wildman–Crippen MR) is 83.7 cm³/mol. The van der Waals surface area contributed by atoms with E-state index < -0.39 is 0 Å². The first kappa shape index (κ1) is 14.7. The normalized spacial score (nSPS) is 11.2. The number of halogens is 1. The van der Waals surface area contributed by atoms with Crippen molar-refractivity contribution in [3.8, 4) is 0 Å². The molecular formula is C16H13ClO2S. The van der Waals surface area contributed by atoms with Crippen molar-refractivity contribution in [2.45, 2.75) is 4.90 Å². The van der Waals surface area contributed by atoms with Crippen molar-refractivity contribution in [2.75, 3.05) is 7.11 Å². The molecule has 2 aromatic rings. The third-order valence-electron chi connectivity index (χ3n) is 2.55. The standard InChI is InChI=1S/C16H13ClO2S/c1-19-16(18)11-15(12-7-9-13(17)10-8-12)20-14-5-3-2-4-6-14/h2-11H,1H3/b15-11+. The largest absolute Gasteiger partial charge is 0.466 e. The molecule has 0 saturated heterocycles. The van der Waals surface area contributed by atoms with Gasteiger partial charge in [0, 0.05) is 20.9 Å². The topological polar surface area (TPSA) is 26.3 Å². The Bertz CT molecular complexity index is 606. The Morgan fingerprint density at radius 1 is 1.10 bits per heavy atom. The van der Waals surface area contributed by atoms with Crippen LogP contribution in [0.2, 0.25) is 5.02 Å². The summed E-state index contributed by atoms with van der Waals surface area (Å²) < 4.78 is 4.71. The van der Waals surface area contributed by atoms with Crippen LogP contribution < -0.4 is 0 Å². The van der Waals surface area contributed by atoms with Gasteiger partial charge in [0.1, 0.15) is 0 Å². The first-order chi connectivity index (χ1) is 9.69. The Morgan fingerprint density at radius 2 is 1.75 bits per heavy atom. The molecule has 0 bridgehead atoms. The Hall–Kier alpha value is -1.71. The van der Waals surface area contributed by atoms with Crippen molar-refractivity contribution in [1.82, 2.24) is 0 Å². The molecule has 0 saturated carbocycles. The van der Waals surface area contributed by atoms with Gasteiger partial charge in [0.25, 0.3) is 0 Å². The van der Waals surface area contributed by atoms with Gasteiger partial charge in [-0.1, -0.05) is 53.7 Å². The van der Waals surface area contributed by atoms with Gasteiger partial charge in [-0.2, -0.15) is 0 Å². The number of carbonyl (C=O) groups excluding carboxylic acids is 1. The first-order valence-electron chi connectivity index (χ1n) is 5.97. The van der Waals surface area contributed by atoms with Crippen LogP contribution in [0.1, 0.15) is 5.56 Å². The minimum absolute atomic E-state index is 0.376. The van der Waals surface area contributed by atoms with Crippen molar-refractivity contribution in [2.24, 2.45) is 0 Å². The molecule has 102 valence electrons. The number of carbonyl (C=O) groups is 1. The van der Waals surface area contributed by atoms with E-state index in [1.54, 1.807) is 12.1 Å². The molecule has 2 nitrogen and oxygen atoms in total. The van der Waals surface area contributed by atoms with Gasteiger partial charge in [0.15, 0.2) is 0 Å². The quantitative estimate of drug-likeness (QED) is 0.467. The van der Waals surface area contributed by atoms with E-state index in [9.17, 15) is 4.79 Å². The molecule has 0 N–H and O–H groups in total. The molecule has 0 unspecified atom stereocenters. The van der Waals surface area contributed by atoms with Crippen LogP contribution in [0, 0.1) is 0 Å². The second-order valence-electron chi connectivity index (χ2n) is 3.95. The number of hydrogen-bond donors (Lipinski definition) is 0. The molecule has 0 aliphatic rings. The van der Waals surface area contributed by atoms with Crippen molar-refractivity contribution in [3.05, 3.63) is 71.3 Å². The highest BCUT2D eigenvalue weighted by molar-refractivity contribution is 8.08. The number of methoxy groups -OCH3 is 1. The maximum absolute atomic E-state index is 11.5. The average Bonchev–Trinajstić information content (AvgIpc) is 2.48. The van der Waals surface area contributed by atoms with Crippen LogP contribution in [0.3, 0.4) is 0 Å². The molecule has 0 amide bonds. The lowest BCUT2D eigenvalue weighted by Gasteiger charge is -2.07. The maximum atomic E-state index is 11.5. The van der Waals surface area contributed by atoms with Crippen LogP contribution >= 0.6 is 23.4 Å². The summed E-state index contributed by atoms with van der Waals surface area (Å²) in [5.41, 5.74) is 0.925. The summed E-state index contributed by atoms with van der Waals surface area (Å²) in [6.07, 6.45) is 1.49. The number of ether oxygens (including phenoxy) is 1. The summed E-state index contributed by atoms with van der Waals surface area (Å²) >= 11 is 7.40. The van der Waals surface area contributed by atoms with Crippen LogP contribution in [-0.2, 0) is 9.53 Å². The van der Waals surface area contributed by atoms with Gasteiger partial charge in [-0.15, -0.1) is 0 Å². The van der Waals surface area contributed by atoms with Gasteiger partial charge < -0.3 is 4.74 Å². The van der Waals surface area contributed by atoms with Crippen LogP contribution in [0.15, 0.2) is 65.6 Å². The lowest BCUT2D eigenvalue weighted by Crippen LogP contribution is -1.96. The van der Waals surface area contributed by atoms with E-state index in [1.807, 2.05) is 42.5 Å². The molecule has 20 heavy (non-hydrogen) atoms. The van der Waals surface area contributed by atoms with Crippen LogP contribution in [-0.4, -0.2) is 13.1 Å². The number of hydrogen-bond acceptors (Lipinski definition) is 3. The number of esters is 1.